The van der Waals surface area contributed by atoms with Gasteiger partial charge in [0, 0.05) is 32.1 Å². The third-order valence-corrected chi connectivity index (χ3v) is 4.70. The van der Waals surface area contributed by atoms with Crippen molar-refractivity contribution in [2.45, 2.75) is 46.6 Å². The molecule has 19 heavy (non-hydrogen) atoms. The molecule has 1 heterocycles. The second-order valence-electron chi connectivity index (χ2n) is 7.95. The van der Waals surface area contributed by atoms with Crippen LogP contribution in [0.15, 0.2) is 0 Å². The Morgan fingerprint density at radius 3 is 2.63 bits per heavy atom. The molecule has 1 aliphatic carbocycles. The Balaban J connectivity index is 1.75. The highest BCUT2D eigenvalue weighted by Crippen LogP contribution is 2.38. The first-order chi connectivity index (χ1) is 8.87. The van der Waals surface area contributed by atoms with Crippen molar-refractivity contribution in [1.82, 2.24) is 10.2 Å². The number of hydrogen-bond donors (Lipinski definition) is 2. The fourth-order valence-electron chi connectivity index (χ4n) is 3.82. The molecule has 112 valence electrons. The molecule has 0 spiro atoms. The molecule has 0 aromatic heterocycles. The molecule has 2 fully saturated rings. The van der Waals surface area contributed by atoms with Crippen LogP contribution in [0.5, 0.6) is 0 Å². The SMILES string of the molecule is CC(C)CNCC(C)(C)CN1CC2CCC(O)C2C1. The summed E-state index contributed by atoms with van der Waals surface area (Å²) < 4.78 is 0. The van der Waals surface area contributed by atoms with Gasteiger partial charge in [0.15, 0.2) is 0 Å². The Kier molecular flexibility index (Phi) is 4.91. The summed E-state index contributed by atoms with van der Waals surface area (Å²) in [5, 5.41) is 13.6. The number of nitrogens with zero attached hydrogens (tertiary/aromatic N) is 1. The Morgan fingerprint density at radius 1 is 1.26 bits per heavy atom. The van der Waals surface area contributed by atoms with Gasteiger partial charge in [-0.15, -0.1) is 0 Å². The van der Waals surface area contributed by atoms with Gasteiger partial charge in [-0.3, -0.25) is 0 Å². The van der Waals surface area contributed by atoms with Gasteiger partial charge in [0.2, 0.25) is 0 Å². The van der Waals surface area contributed by atoms with Crippen LogP contribution in [0.3, 0.4) is 0 Å². The third-order valence-electron chi connectivity index (χ3n) is 4.70. The van der Waals surface area contributed by atoms with E-state index in [0.29, 0.717) is 11.3 Å². The minimum absolute atomic E-state index is 0.0304. The number of aliphatic hydroxyl groups excluding tert-OH is 1. The number of rotatable bonds is 6. The van der Waals surface area contributed by atoms with Crippen LogP contribution < -0.4 is 5.32 Å². The Bertz CT molecular complexity index is 290. The summed E-state index contributed by atoms with van der Waals surface area (Å²) in [5.41, 5.74) is 0.318. The summed E-state index contributed by atoms with van der Waals surface area (Å²) >= 11 is 0. The molecule has 0 amide bonds. The first kappa shape index (κ1) is 15.3. The van der Waals surface area contributed by atoms with Crippen molar-refractivity contribution in [3.63, 3.8) is 0 Å². The van der Waals surface area contributed by atoms with E-state index in [9.17, 15) is 5.11 Å². The summed E-state index contributed by atoms with van der Waals surface area (Å²) in [6.45, 7) is 14.9. The van der Waals surface area contributed by atoms with E-state index in [1.54, 1.807) is 0 Å². The molecule has 3 unspecified atom stereocenters. The van der Waals surface area contributed by atoms with E-state index >= 15 is 0 Å². The number of hydrogen-bond acceptors (Lipinski definition) is 3. The van der Waals surface area contributed by atoms with Gasteiger partial charge in [0.05, 0.1) is 6.10 Å². The summed E-state index contributed by atoms with van der Waals surface area (Å²) in [4.78, 5) is 2.58. The molecular formula is C16H32N2O. The van der Waals surface area contributed by atoms with Gasteiger partial charge in [-0.25, -0.2) is 0 Å². The van der Waals surface area contributed by atoms with Crippen LogP contribution in [0.4, 0.5) is 0 Å². The standard InChI is InChI=1S/C16H32N2O/c1-12(2)7-17-10-16(3,4)11-18-8-13-5-6-15(19)14(13)9-18/h12-15,17,19H,5-11H2,1-4H3. The minimum Gasteiger partial charge on any atom is -0.393 e. The van der Waals surface area contributed by atoms with Gasteiger partial charge in [0.1, 0.15) is 0 Å². The zero-order chi connectivity index (χ0) is 14.0. The lowest BCUT2D eigenvalue weighted by Crippen LogP contribution is -2.41. The Labute approximate surface area is 118 Å². The molecule has 0 radical (unpaired) electrons. The van der Waals surface area contributed by atoms with Crippen molar-refractivity contribution >= 4 is 0 Å². The van der Waals surface area contributed by atoms with Crippen LogP contribution in [-0.2, 0) is 0 Å². The highest BCUT2D eigenvalue weighted by atomic mass is 16.3. The molecule has 0 bridgehead atoms. The molecule has 1 saturated carbocycles. The quantitative estimate of drug-likeness (QED) is 0.773. The fraction of sp³-hybridized carbons (Fsp3) is 1.00. The zero-order valence-electron chi connectivity index (χ0n) is 13.2. The minimum atomic E-state index is -0.0304. The number of likely N-dealkylation sites (tertiary alicyclic amines) is 1. The smallest absolute Gasteiger partial charge is 0.0583 e. The predicted molar refractivity (Wildman–Crippen MR) is 80.1 cm³/mol. The number of aliphatic hydroxyl groups is 1. The van der Waals surface area contributed by atoms with Crippen LogP contribution >= 0.6 is 0 Å². The van der Waals surface area contributed by atoms with Gasteiger partial charge in [-0.05, 0) is 36.6 Å². The lowest BCUT2D eigenvalue weighted by atomic mass is 9.92. The third kappa shape index (κ3) is 4.17. The molecule has 0 aromatic rings. The summed E-state index contributed by atoms with van der Waals surface area (Å²) in [6, 6.07) is 0. The molecule has 0 aromatic carbocycles. The molecule has 3 nitrogen and oxygen atoms in total. The molecule has 2 aliphatic rings. The van der Waals surface area contributed by atoms with Crippen LogP contribution in [-0.4, -0.2) is 48.8 Å². The van der Waals surface area contributed by atoms with Gasteiger partial charge >= 0.3 is 0 Å². The van der Waals surface area contributed by atoms with Crippen molar-refractivity contribution in [3.05, 3.63) is 0 Å². The molecule has 1 aliphatic heterocycles. The number of nitrogens with one attached hydrogen (secondary N) is 1. The Hall–Kier alpha value is -0.120. The molecule has 3 atom stereocenters. The first-order valence-corrected chi connectivity index (χ1v) is 7.98. The average molecular weight is 268 g/mol. The molecule has 1 saturated heterocycles. The second kappa shape index (κ2) is 6.11. The molecule has 3 heteroatoms. The fourth-order valence-corrected chi connectivity index (χ4v) is 3.82. The van der Waals surface area contributed by atoms with Crippen molar-refractivity contribution in [3.8, 4) is 0 Å². The first-order valence-electron chi connectivity index (χ1n) is 7.98. The monoisotopic (exact) mass is 268 g/mol. The molecular weight excluding hydrogens is 236 g/mol. The van der Waals surface area contributed by atoms with Gasteiger partial charge in [-0.2, -0.15) is 0 Å². The van der Waals surface area contributed by atoms with E-state index in [2.05, 4.69) is 37.9 Å². The highest BCUT2D eigenvalue weighted by molar-refractivity contribution is 4.94. The van der Waals surface area contributed by atoms with Crippen molar-refractivity contribution < 1.29 is 5.11 Å². The predicted octanol–water partition coefficient (Wildman–Crippen LogP) is 1.96. The van der Waals surface area contributed by atoms with E-state index in [-0.39, 0.29) is 6.10 Å². The second-order valence-corrected chi connectivity index (χ2v) is 7.95. The maximum atomic E-state index is 9.98. The topological polar surface area (TPSA) is 35.5 Å². The Morgan fingerprint density at radius 2 is 2.00 bits per heavy atom. The highest BCUT2D eigenvalue weighted by Gasteiger charge is 2.42. The summed E-state index contributed by atoms with van der Waals surface area (Å²) in [7, 11) is 0. The van der Waals surface area contributed by atoms with E-state index in [0.717, 1.165) is 44.4 Å². The van der Waals surface area contributed by atoms with Gasteiger partial charge in [0.25, 0.3) is 0 Å². The van der Waals surface area contributed by atoms with E-state index in [1.807, 2.05) is 0 Å². The van der Waals surface area contributed by atoms with E-state index in [4.69, 9.17) is 0 Å². The van der Waals surface area contributed by atoms with E-state index < -0.39 is 0 Å². The van der Waals surface area contributed by atoms with Gasteiger partial charge < -0.3 is 15.3 Å². The van der Waals surface area contributed by atoms with E-state index in [1.165, 1.54) is 13.0 Å². The maximum absolute atomic E-state index is 9.98. The maximum Gasteiger partial charge on any atom is 0.0583 e. The molecule has 2 rings (SSSR count). The summed E-state index contributed by atoms with van der Waals surface area (Å²) in [6.07, 6.45) is 2.23. The van der Waals surface area contributed by atoms with Crippen molar-refractivity contribution in [1.29, 1.82) is 0 Å². The van der Waals surface area contributed by atoms with Gasteiger partial charge in [-0.1, -0.05) is 27.7 Å². The van der Waals surface area contributed by atoms with Crippen LogP contribution in [0, 0.1) is 23.2 Å². The zero-order valence-corrected chi connectivity index (χ0v) is 13.2. The lowest BCUT2D eigenvalue weighted by molar-refractivity contribution is 0.117. The van der Waals surface area contributed by atoms with Crippen molar-refractivity contribution in [2.24, 2.45) is 23.2 Å². The normalized spacial score (nSPS) is 32.2. The van der Waals surface area contributed by atoms with Crippen molar-refractivity contribution in [2.75, 3.05) is 32.7 Å². The van der Waals surface area contributed by atoms with Crippen LogP contribution in [0.2, 0.25) is 0 Å². The molecule has 2 N–H and O–H groups in total. The van der Waals surface area contributed by atoms with Crippen LogP contribution in [0.1, 0.15) is 40.5 Å². The lowest BCUT2D eigenvalue weighted by Gasteiger charge is -2.31. The largest absolute Gasteiger partial charge is 0.393 e. The number of fused-ring (bicyclic) bond motifs is 1. The van der Waals surface area contributed by atoms with Crippen LogP contribution in [0.25, 0.3) is 0 Å². The average Bonchev–Trinajstić information content (AvgIpc) is 2.80. The summed E-state index contributed by atoms with van der Waals surface area (Å²) in [5.74, 6) is 2.03.